The number of aryl methyl sites for hydroxylation is 2. The fourth-order valence-corrected chi connectivity index (χ4v) is 3.22. The molecule has 25 heavy (non-hydrogen) atoms. The molecule has 1 aliphatic rings. The number of carbonyl (C=O) groups is 1. The highest BCUT2D eigenvalue weighted by Crippen LogP contribution is 2.26. The summed E-state index contributed by atoms with van der Waals surface area (Å²) in [5.41, 5.74) is 2.44. The highest BCUT2D eigenvalue weighted by molar-refractivity contribution is 6.32. The number of aromatic nitrogens is 2. The molecule has 2 heterocycles. The second-order valence-corrected chi connectivity index (χ2v) is 6.97. The van der Waals surface area contributed by atoms with Crippen LogP contribution in [0.2, 0.25) is 5.02 Å². The molecule has 0 spiro atoms. The SMILES string of the molecule is Cc1cc(OCn2ccc(C(=O)N3CCCCCC3)n2)cc(C)c1Cl. The molecule has 3 rings (SSSR count). The minimum Gasteiger partial charge on any atom is -0.471 e. The molecule has 0 saturated carbocycles. The van der Waals surface area contributed by atoms with Crippen LogP contribution in [0, 0.1) is 13.8 Å². The Morgan fingerprint density at radius 1 is 1.16 bits per heavy atom. The van der Waals surface area contributed by atoms with Gasteiger partial charge in [0.2, 0.25) is 0 Å². The molecule has 0 aliphatic carbocycles. The summed E-state index contributed by atoms with van der Waals surface area (Å²) >= 11 is 6.18. The van der Waals surface area contributed by atoms with E-state index in [1.54, 1.807) is 16.9 Å². The van der Waals surface area contributed by atoms with Gasteiger partial charge in [0, 0.05) is 24.3 Å². The van der Waals surface area contributed by atoms with Crippen molar-refractivity contribution in [3.05, 3.63) is 46.2 Å². The summed E-state index contributed by atoms with van der Waals surface area (Å²) in [6.45, 7) is 5.81. The minimum absolute atomic E-state index is 0.0128. The van der Waals surface area contributed by atoms with Gasteiger partial charge in [-0.25, -0.2) is 4.68 Å². The van der Waals surface area contributed by atoms with E-state index in [2.05, 4.69) is 5.10 Å². The lowest BCUT2D eigenvalue weighted by atomic mass is 10.1. The minimum atomic E-state index is 0.0128. The van der Waals surface area contributed by atoms with Gasteiger partial charge in [0.05, 0.1) is 0 Å². The summed E-state index contributed by atoms with van der Waals surface area (Å²) in [5, 5.41) is 5.13. The maximum atomic E-state index is 12.6. The molecule has 1 aromatic carbocycles. The van der Waals surface area contributed by atoms with Gasteiger partial charge in [-0.15, -0.1) is 0 Å². The predicted octanol–water partition coefficient (Wildman–Crippen LogP) is 4.21. The number of nitrogens with zero attached hydrogens (tertiary/aromatic N) is 3. The van der Waals surface area contributed by atoms with Gasteiger partial charge in [-0.05, 0) is 56.0 Å². The number of rotatable bonds is 4. The Kier molecular flexibility index (Phi) is 5.63. The van der Waals surface area contributed by atoms with Crippen molar-refractivity contribution in [2.24, 2.45) is 0 Å². The molecule has 1 fully saturated rings. The molecule has 0 N–H and O–H groups in total. The van der Waals surface area contributed by atoms with Crippen molar-refractivity contribution in [2.45, 2.75) is 46.3 Å². The van der Waals surface area contributed by atoms with Gasteiger partial charge in [0.15, 0.2) is 12.4 Å². The summed E-state index contributed by atoms with van der Waals surface area (Å²) in [6, 6.07) is 5.57. The van der Waals surface area contributed by atoms with Gasteiger partial charge >= 0.3 is 0 Å². The Labute approximate surface area is 153 Å². The Hall–Kier alpha value is -2.01. The summed E-state index contributed by atoms with van der Waals surface area (Å²) in [7, 11) is 0. The number of likely N-dealkylation sites (tertiary alicyclic amines) is 1. The first-order chi connectivity index (χ1) is 12.0. The van der Waals surface area contributed by atoms with Gasteiger partial charge in [0.25, 0.3) is 5.91 Å². The Morgan fingerprint density at radius 3 is 2.44 bits per heavy atom. The van der Waals surface area contributed by atoms with E-state index < -0.39 is 0 Å². The first-order valence-electron chi connectivity index (χ1n) is 8.77. The Bertz CT molecular complexity index is 726. The van der Waals surface area contributed by atoms with Crippen molar-refractivity contribution in [1.82, 2.24) is 14.7 Å². The number of hydrogen-bond acceptors (Lipinski definition) is 3. The first kappa shape index (κ1) is 17.8. The van der Waals surface area contributed by atoms with Crippen molar-refractivity contribution in [2.75, 3.05) is 13.1 Å². The maximum absolute atomic E-state index is 12.6. The lowest BCUT2D eigenvalue weighted by molar-refractivity contribution is 0.0753. The number of hydrogen-bond donors (Lipinski definition) is 0. The molecule has 5 nitrogen and oxygen atoms in total. The molecule has 134 valence electrons. The van der Waals surface area contributed by atoms with E-state index in [0.717, 1.165) is 47.8 Å². The molecule has 0 radical (unpaired) electrons. The van der Waals surface area contributed by atoms with E-state index in [0.29, 0.717) is 5.69 Å². The van der Waals surface area contributed by atoms with Gasteiger partial charge in [-0.3, -0.25) is 4.79 Å². The number of halogens is 1. The van der Waals surface area contributed by atoms with Gasteiger partial charge in [-0.2, -0.15) is 5.10 Å². The Morgan fingerprint density at radius 2 is 1.80 bits per heavy atom. The zero-order valence-electron chi connectivity index (χ0n) is 14.8. The average molecular weight is 362 g/mol. The van der Waals surface area contributed by atoms with E-state index in [1.165, 1.54) is 12.8 Å². The topological polar surface area (TPSA) is 47.4 Å². The normalized spacial score (nSPS) is 15.1. The maximum Gasteiger partial charge on any atom is 0.274 e. The quantitative estimate of drug-likeness (QED) is 0.819. The van der Waals surface area contributed by atoms with E-state index in [-0.39, 0.29) is 12.6 Å². The second-order valence-electron chi connectivity index (χ2n) is 6.59. The molecule has 1 saturated heterocycles. The van der Waals surface area contributed by atoms with Crippen LogP contribution in [-0.4, -0.2) is 33.7 Å². The molecule has 1 amide bonds. The first-order valence-corrected chi connectivity index (χ1v) is 9.14. The Balaban J connectivity index is 1.62. The van der Waals surface area contributed by atoms with Crippen molar-refractivity contribution in [3.8, 4) is 5.75 Å². The van der Waals surface area contributed by atoms with Crippen LogP contribution in [0.25, 0.3) is 0 Å². The molecule has 0 bridgehead atoms. The van der Waals surface area contributed by atoms with Crippen molar-refractivity contribution < 1.29 is 9.53 Å². The lowest BCUT2D eigenvalue weighted by Crippen LogP contribution is -2.32. The summed E-state index contributed by atoms with van der Waals surface area (Å²) in [4.78, 5) is 14.5. The van der Waals surface area contributed by atoms with Crippen molar-refractivity contribution in [3.63, 3.8) is 0 Å². The number of ether oxygens (including phenoxy) is 1. The molecular formula is C19H24ClN3O2. The molecule has 0 unspecified atom stereocenters. The molecule has 2 aromatic rings. The number of carbonyl (C=O) groups excluding carboxylic acids is 1. The van der Waals surface area contributed by atoms with E-state index in [4.69, 9.17) is 16.3 Å². The smallest absolute Gasteiger partial charge is 0.274 e. The van der Waals surface area contributed by atoms with Crippen LogP contribution in [0.4, 0.5) is 0 Å². The molecule has 1 aliphatic heterocycles. The third-order valence-corrected chi connectivity index (χ3v) is 5.12. The standard InChI is InChI=1S/C19H24ClN3O2/c1-14-11-16(12-15(2)18(14)20)25-13-23-10-7-17(21-23)19(24)22-8-5-3-4-6-9-22/h7,10-12H,3-6,8-9,13H2,1-2H3. The number of benzene rings is 1. The third-order valence-electron chi connectivity index (χ3n) is 4.53. The van der Waals surface area contributed by atoms with E-state index >= 15 is 0 Å². The molecular weight excluding hydrogens is 338 g/mol. The number of amides is 1. The fourth-order valence-electron chi connectivity index (χ4n) is 3.11. The van der Waals surface area contributed by atoms with Crippen LogP contribution in [0.15, 0.2) is 24.4 Å². The summed E-state index contributed by atoms with van der Waals surface area (Å²) in [5.74, 6) is 0.758. The van der Waals surface area contributed by atoms with Crippen LogP contribution in [0.1, 0.15) is 47.3 Å². The van der Waals surface area contributed by atoms with Crippen molar-refractivity contribution >= 4 is 17.5 Å². The van der Waals surface area contributed by atoms with Crippen molar-refractivity contribution in [1.29, 1.82) is 0 Å². The zero-order valence-corrected chi connectivity index (χ0v) is 15.6. The van der Waals surface area contributed by atoms with Gasteiger partial charge in [0.1, 0.15) is 5.75 Å². The monoisotopic (exact) mass is 361 g/mol. The molecule has 6 heteroatoms. The van der Waals surface area contributed by atoms with Crippen LogP contribution in [0.3, 0.4) is 0 Å². The van der Waals surface area contributed by atoms with Gasteiger partial charge < -0.3 is 9.64 Å². The highest BCUT2D eigenvalue weighted by Gasteiger charge is 2.19. The predicted molar refractivity (Wildman–Crippen MR) is 98.2 cm³/mol. The second kappa shape index (κ2) is 7.91. The van der Waals surface area contributed by atoms with E-state index in [9.17, 15) is 4.79 Å². The fraction of sp³-hybridized carbons (Fsp3) is 0.474. The average Bonchev–Trinajstić information content (AvgIpc) is 2.90. The van der Waals surface area contributed by atoms with Crippen LogP contribution in [-0.2, 0) is 6.73 Å². The largest absolute Gasteiger partial charge is 0.471 e. The molecule has 0 atom stereocenters. The highest BCUT2D eigenvalue weighted by atomic mass is 35.5. The summed E-state index contributed by atoms with van der Waals surface area (Å²) in [6.07, 6.45) is 6.33. The van der Waals surface area contributed by atoms with Crippen LogP contribution >= 0.6 is 11.6 Å². The third kappa shape index (κ3) is 4.34. The summed E-state index contributed by atoms with van der Waals surface area (Å²) < 4.78 is 7.43. The molecule has 1 aromatic heterocycles. The van der Waals surface area contributed by atoms with Crippen LogP contribution in [0.5, 0.6) is 5.75 Å². The van der Waals surface area contributed by atoms with Crippen LogP contribution < -0.4 is 4.74 Å². The lowest BCUT2D eigenvalue weighted by Gasteiger charge is -2.18. The van der Waals surface area contributed by atoms with Gasteiger partial charge in [-0.1, -0.05) is 24.4 Å². The zero-order chi connectivity index (χ0) is 17.8. The van der Waals surface area contributed by atoms with E-state index in [1.807, 2.05) is 30.9 Å².